The van der Waals surface area contributed by atoms with Crippen molar-refractivity contribution in [3.63, 3.8) is 0 Å². The van der Waals surface area contributed by atoms with Crippen molar-refractivity contribution in [3.05, 3.63) is 57.3 Å². The van der Waals surface area contributed by atoms with Crippen LogP contribution in [0.4, 0.5) is 0 Å². The average molecular weight is 442 g/mol. The van der Waals surface area contributed by atoms with E-state index in [1.54, 1.807) is 9.75 Å². The monoisotopic (exact) mass is 441 g/mol. The lowest BCUT2D eigenvalue weighted by Gasteiger charge is -2.27. The summed E-state index contributed by atoms with van der Waals surface area (Å²) in [5.74, 6) is 0.804. The van der Waals surface area contributed by atoms with Crippen molar-refractivity contribution in [1.29, 1.82) is 0 Å². The first-order valence-electron chi connectivity index (χ1n) is 12.7. The number of rotatable bonds is 14. The van der Waals surface area contributed by atoms with Gasteiger partial charge in [0, 0.05) is 22.8 Å². The minimum atomic E-state index is 0.804. The Labute approximate surface area is 195 Å². The van der Waals surface area contributed by atoms with Crippen LogP contribution in [0.25, 0.3) is 0 Å². The fraction of sp³-hybridized carbons (Fsp3) is 0.643. The molecule has 1 atom stereocenters. The quantitative estimate of drug-likeness (QED) is 0.294. The molecule has 3 rings (SSSR count). The second-order valence-corrected chi connectivity index (χ2v) is 10.6. The summed E-state index contributed by atoms with van der Waals surface area (Å²) in [5, 5.41) is 0. The van der Waals surface area contributed by atoms with Crippen molar-refractivity contribution in [3.8, 4) is 0 Å². The Hall–Kier alpha value is -1.16. The molecule has 2 nitrogen and oxygen atoms in total. The van der Waals surface area contributed by atoms with Crippen LogP contribution in [0.15, 0.2) is 36.4 Å². The number of ether oxygens (including phenoxy) is 1. The number of hydrogen-bond donors (Lipinski definition) is 0. The van der Waals surface area contributed by atoms with E-state index < -0.39 is 0 Å². The molecule has 2 heterocycles. The van der Waals surface area contributed by atoms with Crippen molar-refractivity contribution < 1.29 is 4.74 Å². The highest BCUT2D eigenvalue weighted by Gasteiger charge is 2.12. The van der Waals surface area contributed by atoms with Crippen molar-refractivity contribution >= 4 is 11.3 Å². The normalized spacial score (nSPS) is 15.9. The molecular weight excluding hydrogens is 398 g/mol. The van der Waals surface area contributed by atoms with Gasteiger partial charge in [-0.05, 0) is 87.1 Å². The van der Waals surface area contributed by atoms with Crippen LogP contribution in [0.1, 0.15) is 73.3 Å². The maximum Gasteiger partial charge on any atom is 0.0594 e. The Morgan fingerprint density at radius 3 is 2.13 bits per heavy atom. The van der Waals surface area contributed by atoms with Crippen molar-refractivity contribution in [2.45, 2.75) is 78.1 Å². The van der Waals surface area contributed by atoms with Gasteiger partial charge in [0.1, 0.15) is 0 Å². The molecule has 1 aliphatic rings. The van der Waals surface area contributed by atoms with Gasteiger partial charge in [0.05, 0.1) is 13.2 Å². The fourth-order valence-electron chi connectivity index (χ4n) is 4.37. The number of unbranched alkanes of at least 4 members (excludes halogenated alkanes) is 2. The Morgan fingerprint density at radius 1 is 0.806 bits per heavy atom. The highest BCUT2D eigenvalue weighted by Crippen LogP contribution is 2.23. The molecule has 31 heavy (non-hydrogen) atoms. The maximum atomic E-state index is 5.45. The molecule has 0 N–H and O–H groups in total. The van der Waals surface area contributed by atoms with Gasteiger partial charge in [0.2, 0.25) is 0 Å². The van der Waals surface area contributed by atoms with Gasteiger partial charge in [-0.25, -0.2) is 0 Å². The largest absolute Gasteiger partial charge is 0.379 e. The number of benzene rings is 1. The first-order chi connectivity index (χ1) is 15.2. The number of morpholine rings is 1. The van der Waals surface area contributed by atoms with E-state index in [9.17, 15) is 0 Å². The summed E-state index contributed by atoms with van der Waals surface area (Å²) in [7, 11) is 0. The molecule has 1 aromatic carbocycles. The summed E-state index contributed by atoms with van der Waals surface area (Å²) in [6.45, 7) is 9.99. The van der Waals surface area contributed by atoms with Gasteiger partial charge in [0.25, 0.3) is 0 Å². The Kier molecular flexibility index (Phi) is 11.1. The van der Waals surface area contributed by atoms with Gasteiger partial charge < -0.3 is 4.74 Å². The molecule has 0 spiro atoms. The van der Waals surface area contributed by atoms with E-state index in [1.165, 1.54) is 81.9 Å². The summed E-state index contributed by atoms with van der Waals surface area (Å²) >= 11 is 2.04. The predicted molar refractivity (Wildman–Crippen MR) is 135 cm³/mol. The zero-order valence-corrected chi connectivity index (χ0v) is 20.7. The molecule has 3 heteroatoms. The van der Waals surface area contributed by atoms with Crippen LogP contribution < -0.4 is 0 Å². The number of thiophene rings is 1. The SMILES string of the molecule is CCCCCc1ccc(CCCc2ccc(CCC(C)CCN3CCOCC3)s2)cc1. The van der Waals surface area contributed by atoms with E-state index in [0.717, 1.165) is 32.2 Å². The molecule has 1 unspecified atom stereocenters. The van der Waals surface area contributed by atoms with Gasteiger partial charge >= 0.3 is 0 Å². The van der Waals surface area contributed by atoms with Gasteiger partial charge in [-0.3, -0.25) is 4.90 Å². The smallest absolute Gasteiger partial charge is 0.0594 e. The summed E-state index contributed by atoms with van der Waals surface area (Å²) in [5.41, 5.74) is 2.99. The number of aryl methyl sites for hydroxylation is 4. The second-order valence-electron chi connectivity index (χ2n) is 9.38. The fourth-order valence-corrected chi connectivity index (χ4v) is 5.45. The zero-order chi connectivity index (χ0) is 21.7. The predicted octanol–water partition coefficient (Wildman–Crippen LogP) is 6.95. The summed E-state index contributed by atoms with van der Waals surface area (Å²) in [4.78, 5) is 5.69. The molecule has 0 amide bonds. The van der Waals surface area contributed by atoms with Gasteiger partial charge in [-0.1, -0.05) is 51.0 Å². The van der Waals surface area contributed by atoms with Gasteiger partial charge in [-0.2, -0.15) is 0 Å². The van der Waals surface area contributed by atoms with E-state index in [2.05, 4.69) is 55.1 Å². The Bertz CT molecular complexity index is 717. The van der Waals surface area contributed by atoms with Gasteiger partial charge in [0.15, 0.2) is 0 Å². The first kappa shape index (κ1) is 24.5. The highest BCUT2D eigenvalue weighted by molar-refractivity contribution is 7.11. The molecule has 0 aliphatic carbocycles. The Morgan fingerprint density at radius 2 is 1.45 bits per heavy atom. The third-order valence-electron chi connectivity index (χ3n) is 6.62. The van der Waals surface area contributed by atoms with Crippen molar-refractivity contribution in [2.75, 3.05) is 32.8 Å². The molecule has 0 radical (unpaired) electrons. The van der Waals surface area contributed by atoms with Crippen molar-refractivity contribution in [1.82, 2.24) is 4.90 Å². The lowest BCUT2D eigenvalue weighted by molar-refractivity contribution is 0.0355. The summed E-state index contributed by atoms with van der Waals surface area (Å²) < 4.78 is 5.45. The molecule has 0 saturated carbocycles. The molecule has 1 saturated heterocycles. The van der Waals surface area contributed by atoms with Crippen LogP contribution in [0.5, 0.6) is 0 Å². The summed E-state index contributed by atoms with van der Waals surface area (Å²) in [6, 6.07) is 14.1. The number of nitrogens with zero attached hydrogens (tertiary/aromatic N) is 1. The molecule has 0 bridgehead atoms. The van der Waals surface area contributed by atoms with Crippen LogP contribution in [-0.4, -0.2) is 37.7 Å². The molecular formula is C28H43NOS. The second kappa shape index (κ2) is 14.1. The molecule has 1 fully saturated rings. The third-order valence-corrected chi connectivity index (χ3v) is 7.83. The lowest BCUT2D eigenvalue weighted by atomic mass is 10.0. The van der Waals surface area contributed by atoms with E-state index in [4.69, 9.17) is 4.74 Å². The van der Waals surface area contributed by atoms with Crippen LogP contribution >= 0.6 is 11.3 Å². The van der Waals surface area contributed by atoms with Crippen molar-refractivity contribution in [2.24, 2.45) is 5.92 Å². The summed E-state index contributed by atoms with van der Waals surface area (Å²) in [6.07, 6.45) is 12.7. The average Bonchev–Trinajstić information content (AvgIpc) is 3.26. The van der Waals surface area contributed by atoms with Crippen LogP contribution in [0.2, 0.25) is 0 Å². The topological polar surface area (TPSA) is 12.5 Å². The van der Waals surface area contributed by atoms with E-state index in [1.807, 2.05) is 11.3 Å². The first-order valence-corrected chi connectivity index (χ1v) is 13.5. The van der Waals surface area contributed by atoms with E-state index in [0.29, 0.717) is 0 Å². The third kappa shape index (κ3) is 9.47. The Balaban J connectivity index is 1.29. The van der Waals surface area contributed by atoms with E-state index >= 15 is 0 Å². The van der Waals surface area contributed by atoms with Crippen LogP contribution in [0, 0.1) is 5.92 Å². The van der Waals surface area contributed by atoms with Crippen LogP contribution in [-0.2, 0) is 30.4 Å². The highest BCUT2D eigenvalue weighted by atomic mass is 32.1. The standard InChI is InChI=1S/C28H43NOS/c1-3-4-5-7-25-11-13-26(14-12-25)8-6-9-27-16-17-28(31-27)15-10-24(2)18-19-29-20-22-30-23-21-29/h11-14,16-17,24H,3-10,15,18-23H2,1-2H3. The van der Waals surface area contributed by atoms with E-state index in [-0.39, 0.29) is 0 Å². The molecule has 172 valence electrons. The minimum Gasteiger partial charge on any atom is -0.379 e. The zero-order valence-electron chi connectivity index (χ0n) is 19.9. The lowest BCUT2D eigenvalue weighted by Crippen LogP contribution is -2.37. The maximum absolute atomic E-state index is 5.45. The molecule has 1 aliphatic heterocycles. The molecule has 2 aromatic rings. The minimum absolute atomic E-state index is 0.804. The number of hydrogen-bond acceptors (Lipinski definition) is 3. The van der Waals surface area contributed by atoms with Gasteiger partial charge in [-0.15, -0.1) is 11.3 Å². The molecule has 1 aromatic heterocycles. The van der Waals surface area contributed by atoms with Crippen LogP contribution in [0.3, 0.4) is 0 Å².